The number of carbonyl (C=O) groups is 4. The first-order valence-corrected chi connectivity index (χ1v) is 23.0. The number of carbonyl (C=O) groups excluding carboxylic acids is 4. The molecule has 3 aliphatic rings. The lowest BCUT2D eigenvalue weighted by Gasteiger charge is -2.53. The van der Waals surface area contributed by atoms with E-state index >= 15 is 0 Å². The van der Waals surface area contributed by atoms with Crippen LogP contribution in [0.4, 0.5) is 5.69 Å². The standard InChI is InChI=1S/C47H54N5O9P.ClH/c1-27-31-22-23-32(40(54)35(31)41(55)36-34(27)42(56)38-39(51(2)3)43(57)37(46(48)60)45(59)47(38,61)44(36)58)50-33(53)21-15-7-5-6-8-16-24-62(28-17-11-9-12-18-28,29-19-13-10-14-20-29)30-25-49-52(4)26-30;/h9-14,17-20,22-23,25-27,34,38-39,42,56,61H,5-8,15-16,21,24H2,1-4H3,(H5-,48,50,53,54,55,57,58,59,60);1H/t27-,34+,38+,39-,42-,47-;/m0./s1. The van der Waals surface area contributed by atoms with Crippen molar-refractivity contribution >= 4 is 58.0 Å². The summed E-state index contributed by atoms with van der Waals surface area (Å²) in [5.74, 6) is -10.1. The van der Waals surface area contributed by atoms with Crippen molar-refractivity contribution in [3.8, 4) is 5.75 Å². The van der Waals surface area contributed by atoms with Crippen LogP contribution in [0.25, 0.3) is 5.76 Å². The molecule has 3 aliphatic carbocycles. The van der Waals surface area contributed by atoms with Crippen LogP contribution in [0, 0.1) is 11.8 Å². The summed E-state index contributed by atoms with van der Waals surface area (Å²) in [6.45, 7) is 1.65. The molecule has 1 heterocycles. The lowest BCUT2D eigenvalue weighted by molar-refractivity contribution is -0.169. The molecule has 6 atom stereocenters. The molecule has 0 bridgehead atoms. The van der Waals surface area contributed by atoms with E-state index in [2.05, 4.69) is 65.1 Å². The molecule has 3 aromatic carbocycles. The number of rotatable bonds is 15. The van der Waals surface area contributed by atoms with Gasteiger partial charge >= 0.3 is 0 Å². The molecule has 0 radical (unpaired) electrons. The van der Waals surface area contributed by atoms with Crippen molar-refractivity contribution in [1.82, 2.24) is 14.7 Å². The second kappa shape index (κ2) is 18.8. The average Bonchev–Trinajstić information content (AvgIpc) is 3.69. The number of likely N-dealkylation sites (N-methyl/N-ethyl adjacent to an activating group) is 1. The quantitative estimate of drug-likeness (QED) is 0.0384. The van der Waals surface area contributed by atoms with Crippen molar-refractivity contribution in [1.29, 1.82) is 0 Å². The summed E-state index contributed by atoms with van der Waals surface area (Å²) in [5, 5.41) is 69.2. The molecular formula is C47H55ClN5O9P. The summed E-state index contributed by atoms with van der Waals surface area (Å²) in [5.41, 5.74) is 1.06. The Kier molecular flexibility index (Phi) is 14.0. The van der Waals surface area contributed by atoms with Crippen LogP contribution in [0.2, 0.25) is 0 Å². The Hall–Kier alpha value is -5.37. The van der Waals surface area contributed by atoms with Crippen LogP contribution < -0.4 is 39.4 Å². The number of benzene rings is 3. The van der Waals surface area contributed by atoms with Crippen LogP contribution in [0.1, 0.15) is 68.9 Å². The molecule has 0 aliphatic heterocycles. The topological polar surface area (TPSA) is 229 Å². The van der Waals surface area contributed by atoms with Crippen LogP contribution in [0.3, 0.4) is 0 Å². The molecule has 0 saturated heterocycles. The highest BCUT2D eigenvalue weighted by molar-refractivity contribution is 7.95. The smallest absolute Gasteiger partial charge is 0.255 e. The summed E-state index contributed by atoms with van der Waals surface area (Å²) in [4.78, 5) is 54.5. The SMILES string of the molecule is C[C@H]1c2ccc(NC(=O)CCCCCCCC[P+](c3ccccc3)(c3ccccc3)c3cnn(C)c3)c(O)c2C(O)=C2C(=O)[C@]3(O)C(O)=C(C(N)=O)C(=O)[C@@H](N(C)C)[C@@H]3[C@@H](O)[C@@H]21.[Cl-]. The van der Waals surface area contributed by atoms with E-state index in [0.717, 1.165) is 38.3 Å². The number of hydrogen-bond donors (Lipinski definition) is 7. The van der Waals surface area contributed by atoms with Crippen LogP contribution in [0.5, 0.6) is 5.75 Å². The summed E-state index contributed by atoms with van der Waals surface area (Å²) < 4.78 is 1.87. The molecule has 1 saturated carbocycles. The number of anilines is 1. The highest BCUT2D eigenvalue weighted by Gasteiger charge is 2.68. The monoisotopic (exact) mass is 899 g/mol. The van der Waals surface area contributed by atoms with Gasteiger partial charge in [-0.1, -0.05) is 68.7 Å². The van der Waals surface area contributed by atoms with E-state index < -0.39 is 88.7 Å². The van der Waals surface area contributed by atoms with Gasteiger partial charge in [0.1, 0.15) is 46.0 Å². The van der Waals surface area contributed by atoms with Gasteiger partial charge in [0.25, 0.3) is 5.91 Å². The maximum atomic E-state index is 14.3. The first-order valence-electron chi connectivity index (χ1n) is 21.0. The molecule has 14 nitrogen and oxygen atoms in total. The largest absolute Gasteiger partial charge is 1.00 e. The van der Waals surface area contributed by atoms with E-state index in [9.17, 15) is 44.7 Å². The number of aliphatic hydroxyl groups is 4. The van der Waals surface area contributed by atoms with Gasteiger partial charge in [0.15, 0.2) is 11.4 Å². The molecule has 63 heavy (non-hydrogen) atoms. The van der Waals surface area contributed by atoms with Gasteiger partial charge in [-0.3, -0.25) is 28.8 Å². The number of halogens is 1. The number of primary amides is 1. The van der Waals surface area contributed by atoms with Gasteiger partial charge in [-0.15, -0.1) is 0 Å². The van der Waals surface area contributed by atoms with Gasteiger partial charge in [0, 0.05) is 25.0 Å². The molecule has 7 rings (SSSR count). The second-order valence-electron chi connectivity index (χ2n) is 17.0. The molecule has 0 unspecified atom stereocenters. The van der Waals surface area contributed by atoms with E-state index in [1.807, 2.05) is 30.1 Å². The fraction of sp³-hybridized carbons (Fsp3) is 0.383. The molecule has 0 spiro atoms. The molecular weight excluding hydrogens is 845 g/mol. The lowest BCUT2D eigenvalue weighted by atomic mass is 9.54. The number of nitrogens with one attached hydrogen (secondary N) is 1. The number of aromatic nitrogens is 2. The maximum Gasteiger partial charge on any atom is 0.255 e. The number of ketones is 2. The number of Topliss-reactive ketones (excluding diaryl/α,β-unsaturated/α-hetero) is 2. The third kappa shape index (κ3) is 8.08. The molecule has 16 heteroatoms. The Balaban J connectivity index is 0.00000661. The minimum Gasteiger partial charge on any atom is -1.00 e. The number of hydrogen-bond acceptors (Lipinski definition) is 11. The zero-order chi connectivity index (χ0) is 44.7. The number of fused-ring (bicyclic) bond motifs is 3. The summed E-state index contributed by atoms with van der Waals surface area (Å²) in [7, 11) is 2.91. The Labute approximate surface area is 373 Å². The molecule has 1 aromatic heterocycles. The molecule has 8 N–H and O–H groups in total. The first-order chi connectivity index (χ1) is 29.6. The van der Waals surface area contributed by atoms with E-state index in [0.29, 0.717) is 12.0 Å². The molecule has 4 aromatic rings. The van der Waals surface area contributed by atoms with Gasteiger partial charge in [-0.25, -0.2) is 0 Å². The van der Waals surface area contributed by atoms with Crippen molar-refractivity contribution in [2.24, 2.45) is 24.6 Å². The van der Waals surface area contributed by atoms with E-state index in [4.69, 9.17) is 5.73 Å². The predicted molar refractivity (Wildman–Crippen MR) is 238 cm³/mol. The Morgan fingerprint density at radius 1 is 0.889 bits per heavy atom. The zero-order valence-electron chi connectivity index (χ0n) is 35.7. The first kappa shape index (κ1) is 47.1. The van der Waals surface area contributed by atoms with Gasteiger partial charge in [0.2, 0.25) is 11.7 Å². The fourth-order valence-electron chi connectivity index (χ4n) is 10.1. The summed E-state index contributed by atoms with van der Waals surface area (Å²) in [6, 6.07) is 23.0. The second-order valence-corrected chi connectivity index (χ2v) is 20.6. The van der Waals surface area contributed by atoms with E-state index in [1.54, 1.807) is 13.0 Å². The Morgan fingerprint density at radius 2 is 1.48 bits per heavy atom. The third-order valence-corrected chi connectivity index (χ3v) is 17.5. The zero-order valence-corrected chi connectivity index (χ0v) is 37.4. The molecule has 2 amide bonds. The van der Waals surface area contributed by atoms with Crippen molar-refractivity contribution in [2.75, 3.05) is 25.6 Å². The van der Waals surface area contributed by atoms with Crippen LogP contribution in [0.15, 0.2) is 102 Å². The highest BCUT2D eigenvalue weighted by atomic mass is 35.5. The lowest BCUT2D eigenvalue weighted by Crippen LogP contribution is -3.00. The number of phenolic OH excluding ortho intramolecular Hbond substituents is 1. The number of aliphatic hydroxyl groups excluding tert-OH is 3. The van der Waals surface area contributed by atoms with Gasteiger partial charge in [0.05, 0.1) is 47.9 Å². The van der Waals surface area contributed by atoms with Crippen molar-refractivity contribution in [3.05, 3.63) is 113 Å². The van der Waals surface area contributed by atoms with Gasteiger partial charge < -0.3 is 49.0 Å². The fourth-order valence-corrected chi connectivity index (χ4v) is 14.4. The van der Waals surface area contributed by atoms with Gasteiger partial charge in [-0.05, 0) is 75.2 Å². The van der Waals surface area contributed by atoms with Crippen LogP contribution >= 0.6 is 7.26 Å². The normalized spacial score (nSPS) is 23.2. The highest BCUT2D eigenvalue weighted by Crippen LogP contribution is 2.58. The Morgan fingerprint density at radius 3 is 2.03 bits per heavy atom. The minimum absolute atomic E-state index is 0. The summed E-state index contributed by atoms with van der Waals surface area (Å²) in [6.07, 6.45) is 9.09. The van der Waals surface area contributed by atoms with Gasteiger partial charge in [-0.2, -0.15) is 5.10 Å². The number of amides is 2. The third-order valence-electron chi connectivity index (χ3n) is 13.1. The van der Waals surface area contributed by atoms with Crippen LogP contribution in [-0.2, 0) is 26.2 Å². The molecule has 1 fully saturated rings. The predicted octanol–water partition coefficient (Wildman–Crippen LogP) is 0.897. The Bertz CT molecular complexity index is 2420. The number of aromatic hydroxyl groups is 1. The van der Waals surface area contributed by atoms with Crippen molar-refractivity contribution in [3.63, 3.8) is 0 Å². The number of nitrogens with two attached hydrogens (primary N) is 1. The van der Waals surface area contributed by atoms with E-state index in [-0.39, 0.29) is 36.0 Å². The molecule has 334 valence electrons. The number of phenols is 1. The van der Waals surface area contributed by atoms with E-state index in [1.165, 1.54) is 41.0 Å². The number of unbranched alkanes of at least 4 members (excludes halogenated alkanes) is 5. The number of nitrogens with zero attached hydrogens (tertiary/aromatic N) is 3. The average molecular weight is 900 g/mol. The van der Waals surface area contributed by atoms with Crippen molar-refractivity contribution in [2.45, 2.75) is 75.5 Å². The maximum absolute atomic E-state index is 14.3. The van der Waals surface area contributed by atoms with Crippen molar-refractivity contribution < 1.29 is 57.1 Å². The minimum atomic E-state index is -3.01. The number of aryl methyl sites for hydroxylation is 1. The van der Waals surface area contributed by atoms with Crippen LogP contribution in [-0.4, -0.2) is 102 Å². The summed E-state index contributed by atoms with van der Waals surface area (Å²) >= 11 is 0.